The van der Waals surface area contributed by atoms with Gasteiger partial charge in [-0.3, -0.25) is 0 Å². The standard InChI is InChI=1S/C8H9NO2.K/c9-7(8(10)11)6-4-2-1-3-5-6;/h1-5,7H,9H2,(H,10,11);/q;+1/p-1. The molecule has 0 radical (unpaired) electrons. The molecule has 0 heterocycles. The summed E-state index contributed by atoms with van der Waals surface area (Å²) in [5, 5.41) is 10.3. The van der Waals surface area contributed by atoms with Crippen LogP contribution in [-0.4, -0.2) is 5.97 Å². The van der Waals surface area contributed by atoms with Crippen molar-refractivity contribution in [1.29, 1.82) is 0 Å². The fourth-order valence-electron chi connectivity index (χ4n) is 0.796. The summed E-state index contributed by atoms with van der Waals surface area (Å²) in [5.41, 5.74) is 5.84. The van der Waals surface area contributed by atoms with E-state index in [1.165, 1.54) is 0 Å². The zero-order valence-electron chi connectivity index (χ0n) is 6.86. The maximum absolute atomic E-state index is 10.3. The van der Waals surface area contributed by atoms with Gasteiger partial charge in [0.05, 0.1) is 12.0 Å². The van der Waals surface area contributed by atoms with E-state index in [0.717, 1.165) is 0 Å². The first-order valence-corrected chi connectivity index (χ1v) is 3.23. The second-order valence-corrected chi connectivity index (χ2v) is 2.21. The van der Waals surface area contributed by atoms with Crippen LogP contribution in [0.25, 0.3) is 0 Å². The summed E-state index contributed by atoms with van der Waals surface area (Å²) >= 11 is 0. The first-order chi connectivity index (χ1) is 5.22. The molecule has 0 aliphatic carbocycles. The van der Waals surface area contributed by atoms with Crippen LogP contribution < -0.4 is 62.2 Å². The molecule has 4 heteroatoms. The van der Waals surface area contributed by atoms with E-state index in [0.29, 0.717) is 5.56 Å². The van der Waals surface area contributed by atoms with Gasteiger partial charge in [0, 0.05) is 0 Å². The van der Waals surface area contributed by atoms with Crippen molar-refractivity contribution in [2.45, 2.75) is 6.04 Å². The molecule has 58 valence electrons. The number of nitrogens with two attached hydrogens (primary N) is 1. The van der Waals surface area contributed by atoms with Crippen LogP contribution in [0.1, 0.15) is 11.6 Å². The van der Waals surface area contributed by atoms with E-state index in [4.69, 9.17) is 5.73 Å². The van der Waals surface area contributed by atoms with Gasteiger partial charge < -0.3 is 15.6 Å². The topological polar surface area (TPSA) is 66.2 Å². The van der Waals surface area contributed by atoms with Crippen molar-refractivity contribution < 1.29 is 61.3 Å². The van der Waals surface area contributed by atoms with E-state index >= 15 is 0 Å². The zero-order valence-corrected chi connectivity index (χ0v) is 9.98. The Kier molecular flexibility index (Phi) is 5.99. The normalized spacial score (nSPS) is 11.4. The minimum Gasteiger partial charge on any atom is -0.548 e. The Balaban J connectivity index is 0.00000121. The van der Waals surface area contributed by atoms with Gasteiger partial charge in [0.25, 0.3) is 0 Å². The third-order valence-electron chi connectivity index (χ3n) is 1.41. The van der Waals surface area contributed by atoms with Crippen molar-refractivity contribution in [3.63, 3.8) is 0 Å². The van der Waals surface area contributed by atoms with Gasteiger partial charge in [0.15, 0.2) is 0 Å². The summed E-state index contributed by atoms with van der Waals surface area (Å²) in [6.45, 7) is 0. The van der Waals surface area contributed by atoms with Crippen LogP contribution in [0, 0.1) is 0 Å². The first kappa shape index (κ1) is 12.3. The maximum atomic E-state index is 10.3. The molecule has 1 aromatic rings. The molecule has 0 aliphatic rings. The SMILES string of the molecule is NC(C(=O)[O-])c1ccccc1.[K+]. The van der Waals surface area contributed by atoms with Gasteiger partial charge in [-0.25, -0.2) is 0 Å². The van der Waals surface area contributed by atoms with E-state index < -0.39 is 12.0 Å². The maximum Gasteiger partial charge on any atom is 1.00 e. The molecule has 0 aliphatic heterocycles. The van der Waals surface area contributed by atoms with Gasteiger partial charge in [-0.05, 0) is 5.56 Å². The number of hydrogen-bond donors (Lipinski definition) is 1. The number of rotatable bonds is 2. The fourth-order valence-corrected chi connectivity index (χ4v) is 0.796. The molecule has 0 fully saturated rings. The summed E-state index contributed by atoms with van der Waals surface area (Å²) in [6.07, 6.45) is 0. The molecule has 2 N–H and O–H groups in total. The minimum absolute atomic E-state index is 0. The van der Waals surface area contributed by atoms with Gasteiger partial charge in [-0.1, -0.05) is 30.3 Å². The molecule has 0 aromatic heterocycles. The number of hydrogen-bond acceptors (Lipinski definition) is 3. The van der Waals surface area contributed by atoms with E-state index in [1.807, 2.05) is 0 Å². The van der Waals surface area contributed by atoms with Gasteiger partial charge >= 0.3 is 51.4 Å². The third-order valence-corrected chi connectivity index (χ3v) is 1.41. The van der Waals surface area contributed by atoms with Crippen LogP contribution in [-0.2, 0) is 4.79 Å². The number of carbonyl (C=O) groups excluding carboxylic acids is 1. The molecule has 0 amide bonds. The molecule has 0 saturated heterocycles. The Morgan fingerprint density at radius 3 is 2.25 bits per heavy atom. The number of benzene rings is 1. The zero-order chi connectivity index (χ0) is 8.27. The van der Waals surface area contributed by atoms with E-state index in [2.05, 4.69) is 0 Å². The Labute approximate surface area is 113 Å². The third kappa shape index (κ3) is 3.34. The second kappa shape index (κ2) is 5.85. The van der Waals surface area contributed by atoms with Gasteiger partial charge in [0.2, 0.25) is 0 Å². The average Bonchev–Trinajstić information content (AvgIpc) is 2.05. The minimum atomic E-state index is -1.25. The van der Waals surface area contributed by atoms with Crippen LogP contribution in [0.3, 0.4) is 0 Å². The Morgan fingerprint density at radius 2 is 1.83 bits per heavy atom. The Morgan fingerprint density at radius 1 is 1.33 bits per heavy atom. The second-order valence-electron chi connectivity index (χ2n) is 2.21. The Bertz CT molecular complexity index is 250. The summed E-state index contributed by atoms with van der Waals surface area (Å²) in [5.74, 6) is -1.25. The van der Waals surface area contributed by atoms with Crippen molar-refractivity contribution in [3.8, 4) is 0 Å². The van der Waals surface area contributed by atoms with Crippen molar-refractivity contribution >= 4 is 5.97 Å². The summed E-state index contributed by atoms with van der Waals surface area (Å²) in [6, 6.07) is 7.55. The summed E-state index contributed by atoms with van der Waals surface area (Å²) < 4.78 is 0. The smallest absolute Gasteiger partial charge is 0.548 e. The van der Waals surface area contributed by atoms with Crippen LogP contribution >= 0.6 is 0 Å². The van der Waals surface area contributed by atoms with E-state index in [-0.39, 0.29) is 51.4 Å². The van der Waals surface area contributed by atoms with Crippen molar-refractivity contribution in [1.82, 2.24) is 0 Å². The predicted molar refractivity (Wildman–Crippen MR) is 38.4 cm³/mol. The van der Waals surface area contributed by atoms with Crippen LogP contribution in [0.2, 0.25) is 0 Å². The number of carboxylic acid groups (broad SMARTS) is 1. The molecule has 1 unspecified atom stereocenters. The molecule has 0 saturated carbocycles. The number of carbonyl (C=O) groups is 1. The average molecular weight is 189 g/mol. The largest absolute Gasteiger partial charge is 1.00 e. The Hall–Kier alpha value is 0.286. The monoisotopic (exact) mass is 189 g/mol. The van der Waals surface area contributed by atoms with Crippen LogP contribution in [0.5, 0.6) is 0 Å². The summed E-state index contributed by atoms with van der Waals surface area (Å²) in [7, 11) is 0. The van der Waals surface area contributed by atoms with Gasteiger partial charge in [-0.2, -0.15) is 0 Å². The van der Waals surface area contributed by atoms with Crippen molar-refractivity contribution in [2.75, 3.05) is 0 Å². The molecule has 12 heavy (non-hydrogen) atoms. The van der Waals surface area contributed by atoms with Crippen molar-refractivity contribution in [3.05, 3.63) is 35.9 Å². The first-order valence-electron chi connectivity index (χ1n) is 3.23. The van der Waals surface area contributed by atoms with Crippen molar-refractivity contribution in [2.24, 2.45) is 5.73 Å². The fraction of sp³-hybridized carbons (Fsp3) is 0.125. The van der Waals surface area contributed by atoms with E-state index in [1.54, 1.807) is 30.3 Å². The number of aliphatic carboxylic acids is 1. The summed E-state index contributed by atoms with van der Waals surface area (Å²) in [4.78, 5) is 10.3. The number of carboxylic acids is 1. The van der Waals surface area contributed by atoms with E-state index in [9.17, 15) is 9.90 Å². The molecule has 0 spiro atoms. The molecule has 1 atom stereocenters. The molecular weight excluding hydrogens is 181 g/mol. The molecule has 1 rings (SSSR count). The van der Waals surface area contributed by atoms with Gasteiger partial charge in [-0.15, -0.1) is 0 Å². The quantitative estimate of drug-likeness (QED) is 0.490. The van der Waals surface area contributed by atoms with Crippen LogP contribution in [0.4, 0.5) is 0 Å². The van der Waals surface area contributed by atoms with Crippen LogP contribution in [0.15, 0.2) is 30.3 Å². The predicted octanol–water partition coefficient (Wildman–Crippen LogP) is -3.56. The molecule has 1 aromatic carbocycles. The van der Waals surface area contributed by atoms with Gasteiger partial charge in [0.1, 0.15) is 0 Å². The molecule has 0 bridgehead atoms. The molecule has 3 nitrogen and oxygen atoms in total. The molecular formula is C8H8KNO2.